The van der Waals surface area contributed by atoms with Crippen molar-refractivity contribution in [3.8, 4) is 0 Å². The summed E-state index contributed by atoms with van der Waals surface area (Å²) in [5.41, 5.74) is 2.52. The predicted octanol–water partition coefficient (Wildman–Crippen LogP) is 4.39. The van der Waals surface area contributed by atoms with E-state index >= 15 is 0 Å². The number of benzene rings is 1. The second-order valence-corrected chi connectivity index (χ2v) is 4.73. The molecule has 0 radical (unpaired) electrons. The number of esters is 1. The second-order valence-electron chi connectivity index (χ2n) is 4.73. The average Bonchev–Trinajstić information content (AvgIpc) is 2.45. The molecule has 0 bridgehead atoms. The Kier molecular flexibility index (Phi) is 7.64. The summed E-state index contributed by atoms with van der Waals surface area (Å²) in [6.07, 6.45) is 10.5. The number of hydrogen-bond donors (Lipinski definition) is 0. The highest BCUT2D eigenvalue weighted by molar-refractivity contribution is 5.72. The smallest absolute Gasteiger partial charge is 0.309 e. The molecule has 1 rings (SSSR count). The minimum Gasteiger partial charge on any atom is -0.469 e. The summed E-state index contributed by atoms with van der Waals surface area (Å²) in [7, 11) is 1.41. The van der Waals surface area contributed by atoms with Crippen LogP contribution in [0.1, 0.15) is 50.2 Å². The molecule has 0 saturated carbocycles. The number of aryl methyl sites for hydroxylation is 1. The van der Waals surface area contributed by atoms with Gasteiger partial charge in [0, 0.05) is 0 Å². The van der Waals surface area contributed by atoms with Gasteiger partial charge in [0.15, 0.2) is 0 Å². The second kappa shape index (κ2) is 9.37. The Morgan fingerprint density at radius 3 is 2.53 bits per heavy atom. The van der Waals surface area contributed by atoms with E-state index < -0.39 is 0 Å². The van der Waals surface area contributed by atoms with Crippen LogP contribution in [0.4, 0.5) is 0 Å². The molecule has 0 N–H and O–H groups in total. The average molecular weight is 260 g/mol. The van der Waals surface area contributed by atoms with E-state index in [2.05, 4.69) is 35.9 Å². The Morgan fingerprint density at radius 1 is 1.16 bits per heavy atom. The Morgan fingerprint density at radius 2 is 1.89 bits per heavy atom. The van der Waals surface area contributed by atoms with Crippen molar-refractivity contribution in [3.63, 3.8) is 0 Å². The molecule has 0 atom stereocenters. The lowest BCUT2D eigenvalue weighted by molar-refractivity contribution is -0.139. The maximum Gasteiger partial charge on any atom is 0.309 e. The van der Waals surface area contributed by atoms with E-state index in [1.807, 2.05) is 12.2 Å². The van der Waals surface area contributed by atoms with Crippen LogP contribution in [-0.4, -0.2) is 13.1 Å². The van der Waals surface area contributed by atoms with Crippen LogP contribution in [-0.2, 0) is 16.0 Å². The standard InChI is InChI=1S/C17H24O2/c1-3-4-5-6-8-15-11-13-16(14-12-15)9-7-10-17(18)19-2/h7,9,11-14H,3-6,8,10H2,1-2H3. The fourth-order valence-corrected chi connectivity index (χ4v) is 1.93. The van der Waals surface area contributed by atoms with Gasteiger partial charge in [-0.2, -0.15) is 0 Å². The lowest BCUT2D eigenvalue weighted by atomic mass is 10.0. The quantitative estimate of drug-likeness (QED) is 0.512. The summed E-state index contributed by atoms with van der Waals surface area (Å²) in [5.74, 6) is -0.205. The maximum atomic E-state index is 11.0. The zero-order valence-electron chi connectivity index (χ0n) is 12.0. The third kappa shape index (κ3) is 6.80. The molecule has 0 fully saturated rings. The topological polar surface area (TPSA) is 26.3 Å². The van der Waals surface area contributed by atoms with Crippen LogP contribution in [0.15, 0.2) is 30.3 Å². The summed E-state index contributed by atoms with van der Waals surface area (Å²) >= 11 is 0. The first-order valence-electron chi connectivity index (χ1n) is 7.08. The van der Waals surface area contributed by atoms with Crippen LogP contribution in [0.2, 0.25) is 0 Å². The third-order valence-corrected chi connectivity index (χ3v) is 3.12. The van der Waals surface area contributed by atoms with E-state index in [1.165, 1.54) is 38.4 Å². The number of hydrogen-bond acceptors (Lipinski definition) is 2. The lowest BCUT2D eigenvalue weighted by Gasteiger charge is -2.02. The van der Waals surface area contributed by atoms with Gasteiger partial charge in [0.2, 0.25) is 0 Å². The molecule has 2 nitrogen and oxygen atoms in total. The summed E-state index contributed by atoms with van der Waals surface area (Å²) in [6.45, 7) is 2.23. The molecule has 1 aromatic carbocycles. The highest BCUT2D eigenvalue weighted by Crippen LogP contribution is 2.11. The van der Waals surface area contributed by atoms with Crippen LogP contribution in [0.3, 0.4) is 0 Å². The first-order chi connectivity index (χ1) is 9.26. The number of unbranched alkanes of at least 4 members (excludes halogenated alkanes) is 3. The molecular weight excluding hydrogens is 236 g/mol. The van der Waals surface area contributed by atoms with E-state index in [4.69, 9.17) is 0 Å². The number of carbonyl (C=O) groups excluding carboxylic acids is 1. The van der Waals surface area contributed by atoms with Crippen LogP contribution >= 0.6 is 0 Å². The summed E-state index contributed by atoms with van der Waals surface area (Å²) in [6, 6.07) is 8.54. The number of carbonyl (C=O) groups is 1. The molecule has 104 valence electrons. The minimum absolute atomic E-state index is 0.205. The van der Waals surface area contributed by atoms with Gasteiger partial charge in [0.05, 0.1) is 13.5 Å². The Bertz CT molecular complexity index is 390. The SMILES string of the molecule is CCCCCCc1ccc(C=CCC(=O)OC)cc1. The first-order valence-corrected chi connectivity index (χ1v) is 7.08. The fraction of sp³-hybridized carbons (Fsp3) is 0.471. The van der Waals surface area contributed by atoms with Crippen molar-refractivity contribution in [2.75, 3.05) is 7.11 Å². The van der Waals surface area contributed by atoms with Crippen molar-refractivity contribution in [3.05, 3.63) is 41.5 Å². The summed E-state index contributed by atoms with van der Waals surface area (Å²) < 4.78 is 4.58. The molecule has 0 aliphatic carbocycles. The monoisotopic (exact) mass is 260 g/mol. The van der Waals surface area contributed by atoms with Gasteiger partial charge in [0.25, 0.3) is 0 Å². The minimum atomic E-state index is -0.205. The highest BCUT2D eigenvalue weighted by atomic mass is 16.5. The van der Waals surface area contributed by atoms with Crippen LogP contribution in [0.25, 0.3) is 6.08 Å². The molecule has 0 saturated heterocycles. The van der Waals surface area contributed by atoms with Crippen LogP contribution < -0.4 is 0 Å². The normalized spacial score (nSPS) is 10.8. The Balaban J connectivity index is 2.36. The molecule has 0 aliphatic heterocycles. The molecule has 0 spiro atoms. The van der Waals surface area contributed by atoms with E-state index in [0.29, 0.717) is 6.42 Å². The lowest BCUT2D eigenvalue weighted by Crippen LogP contribution is -1.96. The zero-order chi connectivity index (χ0) is 13.9. The van der Waals surface area contributed by atoms with Crippen molar-refractivity contribution in [1.82, 2.24) is 0 Å². The van der Waals surface area contributed by atoms with Gasteiger partial charge in [0.1, 0.15) is 0 Å². The zero-order valence-corrected chi connectivity index (χ0v) is 12.0. The summed E-state index contributed by atoms with van der Waals surface area (Å²) in [5, 5.41) is 0. The first kappa shape index (κ1) is 15.5. The van der Waals surface area contributed by atoms with Gasteiger partial charge in [-0.3, -0.25) is 4.79 Å². The van der Waals surface area contributed by atoms with Gasteiger partial charge in [-0.1, -0.05) is 62.6 Å². The number of ether oxygens (including phenoxy) is 1. The maximum absolute atomic E-state index is 11.0. The number of rotatable bonds is 8. The van der Waals surface area contributed by atoms with Crippen LogP contribution in [0.5, 0.6) is 0 Å². The van der Waals surface area contributed by atoms with E-state index in [0.717, 1.165) is 12.0 Å². The number of methoxy groups -OCH3 is 1. The molecule has 0 aliphatic rings. The Hall–Kier alpha value is -1.57. The molecule has 0 amide bonds. The molecule has 1 aromatic rings. The predicted molar refractivity (Wildman–Crippen MR) is 80.0 cm³/mol. The van der Waals surface area contributed by atoms with E-state index in [-0.39, 0.29) is 5.97 Å². The van der Waals surface area contributed by atoms with Gasteiger partial charge in [-0.05, 0) is 24.0 Å². The Labute approximate surface area is 116 Å². The van der Waals surface area contributed by atoms with Gasteiger partial charge >= 0.3 is 5.97 Å². The molecule has 0 unspecified atom stereocenters. The highest BCUT2D eigenvalue weighted by Gasteiger charge is 1.96. The van der Waals surface area contributed by atoms with Crippen molar-refractivity contribution in [2.45, 2.75) is 45.4 Å². The van der Waals surface area contributed by atoms with Crippen molar-refractivity contribution >= 4 is 12.0 Å². The van der Waals surface area contributed by atoms with Gasteiger partial charge < -0.3 is 4.74 Å². The van der Waals surface area contributed by atoms with Crippen molar-refractivity contribution in [1.29, 1.82) is 0 Å². The van der Waals surface area contributed by atoms with Crippen molar-refractivity contribution in [2.24, 2.45) is 0 Å². The molecule has 2 heteroatoms. The fourth-order valence-electron chi connectivity index (χ4n) is 1.93. The van der Waals surface area contributed by atoms with E-state index in [1.54, 1.807) is 0 Å². The third-order valence-electron chi connectivity index (χ3n) is 3.12. The van der Waals surface area contributed by atoms with Crippen molar-refractivity contribution < 1.29 is 9.53 Å². The van der Waals surface area contributed by atoms with Gasteiger partial charge in [-0.25, -0.2) is 0 Å². The molecule has 0 aromatic heterocycles. The molecule has 0 heterocycles. The summed E-state index contributed by atoms with van der Waals surface area (Å²) in [4.78, 5) is 11.0. The molecule has 19 heavy (non-hydrogen) atoms. The van der Waals surface area contributed by atoms with E-state index in [9.17, 15) is 4.79 Å². The van der Waals surface area contributed by atoms with Crippen LogP contribution in [0, 0.1) is 0 Å². The molecular formula is C17H24O2. The van der Waals surface area contributed by atoms with Gasteiger partial charge in [-0.15, -0.1) is 0 Å². The largest absolute Gasteiger partial charge is 0.469 e.